The Hall–Kier alpha value is -1.36. The number of anilines is 1. The Kier molecular flexibility index (Phi) is 2.96. The number of hydrogen-bond acceptors (Lipinski definition) is 2. The van der Waals surface area contributed by atoms with E-state index in [0.29, 0.717) is 10.3 Å². The third kappa shape index (κ3) is 1.82. The molecule has 3 nitrogen and oxygen atoms in total. The van der Waals surface area contributed by atoms with E-state index in [9.17, 15) is 4.39 Å². The first kappa shape index (κ1) is 11.1. The van der Waals surface area contributed by atoms with E-state index in [0.717, 1.165) is 23.2 Å². The molecule has 1 aromatic heterocycles. The number of nitrogens with two attached hydrogens (primary N) is 1. The van der Waals surface area contributed by atoms with Crippen molar-refractivity contribution in [3.05, 3.63) is 34.1 Å². The highest BCUT2D eigenvalue weighted by atomic mass is 79.9. The average Bonchev–Trinajstić information content (AvgIpc) is 2.63. The molecule has 1 aromatic carbocycles. The van der Waals surface area contributed by atoms with E-state index in [1.165, 1.54) is 6.07 Å². The number of halogens is 2. The van der Waals surface area contributed by atoms with Gasteiger partial charge in [-0.15, -0.1) is 0 Å². The van der Waals surface area contributed by atoms with Crippen molar-refractivity contribution in [3.63, 3.8) is 0 Å². The van der Waals surface area contributed by atoms with Crippen molar-refractivity contribution in [2.45, 2.75) is 13.3 Å². The van der Waals surface area contributed by atoms with Crippen molar-refractivity contribution in [1.82, 2.24) is 10.2 Å². The zero-order chi connectivity index (χ0) is 11.7. The van der Waals surface area contributed by atoms with Gasteiger partial charge in [0.05, 0.1) is 10.2 Å². The zero-order valence-corrected chi connectivity index (χ0v) is 10.3. The molecule has 2 aromatic rings. The van der Waals surface area contributed by atoms with Gasteiger partial charge in [0.15, 0.2) is 0 Å². The first-order valence-electron chi connectivity index (χ1n) is 4.91. The minimum Gasteiger partial charge on any atom is -0.382 e. The minimum atomic E-state index is -0.283. The van der Waals surface area contributed by atoms with E-state index < -0.39 is 0 Å². The molecular formula is C11H11BrFN3. The second-order valence-corrected chi connectivity index (χ2v) is 4.30. The first-order valence-corrected chi connectivity index (χ1v) is 5.71. The number of nitrogens with zero attached hydrogens (tertiary/aromatic N) is 1. The Bertz CT molecular complexity index is 522. The fourth-order valence-electron chi connectivity index (χ4n) is 1.63. The summed E-state index contributed by atoms with van der Waals surface area (Å²) in [5.74, 6) is 0.215. The third-order valence-electron chi connectivity index (χ3n) is 2.46. The van der Waals surface area contributed by atoms with Crippen LogP contribution in [0.5, 0.6) is 0 Å². The Labute approximate surface area is 101 Å². The fraction of sp³-hybridized carbons (Fsp3) is 0.182. The summed E-state index contributed by atoms with van der Waals surface area (Å²) in [6.07, 6.45) is 0.784. The molecule has 0 unspecified atom stereocenters. The van der Waals surface area contributed by atoms with Gasteiger partial charge in [-0.25, -0.2) is 4.39 Å². The van der Waals surface area contributed by atoms with E-state index in [2.05, 4.69) is 26.1 Å². The lowest BCUT2D eigenvalue weighted by atomic mass is 10.1. The molecule has 0 amide bonds. The topological polar surface area (TPSA) is 54.7 Å². The van der Waals surface area contributed by atoms with Crippen LogP contribution in [0, 0.1) is 5.82 Å². The molecule has 0 saturated heterocycles. The molecule has 3 N–H and O–H groups in total. The molecule has 0 radical (unpaired) electrons. The Morgan fingerprint density at radius 1 is 1.50 bits per heavy atom. The molecule has 1 heterocycles. The normalized spacial score (nSPS) is 10.7. The van der Waals surface area contributed by atoms with Crippen molar-refractivity contribution in [1.29, 1.82) is 0 Å². The van der Waals surface area contributed by atoms with Crippen LogP contribution in [0.25, 0.3) is 11.3 Å². The van der Waals surface area contributed by atoms with Gasteiger partial charge in [-0.05, 0) is 40.5 Å². The molecule has 0 aliphatic rings. The van der Waals surface area contributed by atoms with E-state index >= 15 is 0 Å². The summed E-state index contributed by atoms with van der Waals surface area (Å²) in [6, 6.07) is 4.82. The Morgan fingerprint density at radius 2 is 2.25 bits per heavy atom. The second-order valence-electron chi connectivity index (χ2n) is 3.44. The van der Waals surface area contributed by atoms with E-state index in [-0.39, 0.29) is 5.82 Å². The second kappa shape index (κ2) is 4.25. The molecule has 0 spiro atoms. The van der Waals surface area contributed by atoms with Gasteiger partial charge in [0, 0.05) is 11.1 Å². The highest BCUT2D eigenvalue weighted by Gasteiger charge is 2.11. The highest BCUT2D eigenvalue weighted by Crippen LogP contribution is 2.28. The van der Waals surface area contributed by atoms with Gasteiger partial charge >= 0.3 is 0 Å². The lowest BCUT2D eigenvalue weighted by Gasteiger charge is -2.03. The number of hydrogen-bond donors (Lipinski definition) is 2. The number of aromatic nitrogens is 2. The quantitative estimate of drug-likeness (QED) is 0.890. The van der Waals surface area contributed by atoms with E-state index in [4.69, 9.17) is 5.73 Å². The van der Waals surface area contributed by atoms with E-state index in [1.807, 2.05) is 6.92 Å². The van der Waals surface area contributed by atoms with Crippen LogP contribution in [0.4, 0.5) is 10.2 Å². The van der Waals surface area contributed by atoms with Crippen molar-refractivity contribution >= 4 is 21.7 Å². The van der Waals surface area contributed by atoms with Crippen LogP contribution < -0.4 is 5.73 Å². The largest absolute Gasteiger partial charge is 0.382 e. The molecular weight excluding hydrogens is 273 g/mol. The molecule has 84 valence electrons. The van der Waals surface area contributed by atoms with Gasteiger partial charge in [0.25, 0.3) is 0 Å². The lowest BCUT2D eigenvalue weighted by molar-refractivity contribution is 0.621. The number of nitrogens with one attached hydrogen (secondary N) is 1. The van der Waals surface area contributed by atoms with Gasteiger partial charge in [-0.3, -0.25) is 5.10 Å². The van der Waals surface area contributed by atoms with Gasteiger partial charge in [-0.1, -0.05) is 6.92 Å². The van der Waals surface area contributed by atoms with Crippen LogP contribution in [-0.2, 0) is 6.42 Å². The number of benzene rings is 1. The van der Waals surface area contributed by atoms with Crippen LogP contribution in [-0.4, -0.2) is 10.2 Å². The third-order valence-corrected chi connectivity index (χ3v) is 3.07. The predicted molar refractivity (Wildman–Crippen MR) is 65.5 cm³/mol. The summed E-state index contributed by atoms with van der Waals surface area (Å²) >= 11 is 3.16. The summed E-state index contributed by atoms with van der Waals surface area (Å²) in [4.78, 5) is 0. The Morgan fingerprint density at radius 3 is 2.88 bits per heavy atom. The van der Waals surface area contributed by atoms with Crippen molar-refractivity contribution in [2.75, 3.05) is 5.73 Å². The van der Waals surface area contributed by atoms with Gasteiger partial charge in [-0.2, -0.15) is 5.10 Å². The SMILES string of the molecule is CCc1c(N)n[nH]c1-c1ccc(F)c(Br)c1. The molecule has 0 aliphatic carbocycles. The van der Waals surface area contributed by atoms with Crippen molar-refractivity contribution in [3.8, 4) is 11.3 Å². The lowest BCUT2D eigenvalue weighted by Crippen LogP contribution is -1.91. The highest BCUT2D eigenvalue weighted by molar-refractivity contribution is 9.10. The molecule has 0 aliphatic heterocycles. The standard InChI is InChI=1S/C11H11BrFN3/c1-2-7-10(15-16-11(7)14)6-3-4-9(13)8(12)5-6/h3-5H,2H2,1H3,(H3,14,15,16). The number of H-pyrrole nitrogens is 1. The van der Waals surface area contributed by atoms with Crippen LogP contribution in [0.3, 0.4) is 0 Å². The smallest absolute Gasteiger partial charge is 0.149 e. The molecule has 0 fully saturated rings. The van der Waals surface area contributed by atoms with Gasteiger partial charge in [0.2, 0.25) is 0 Å². The van der Waals surface area contributed by atoms with Crippen molar-refractivity contribution in [2.24, 2.45) is 0 Å². The van der Waals surface area contributed by atoms with E-state index in [1.54, 1.807) is 12.1 Å². The molecule has 16 heavy (non-hydrogen) atoms. The summed E-state index contributed by atoms with van der Waals surface area (Å²) in [7, 11) is 0. The summed E-state index contributed by atoms with van der Waals surface area (Å²) in [5.41, 5.74) is 8.40. The molecule has 0 saturated carbocycles. The predicted octanol–water partition coefficient (Wildman–Crippen LogP) is 3.12. The summed E-state index contributed by atoms with van der Waals surface area (Å²) in [6.45, 7) is 2.00. The van der Waals surface area contributed by atoms with Crippen LogP contribution in [0.15, 0.2) is 22.7 Å². The molecule has 2 rings (SSSR count). The maximum Gasteiger partial charge on any atom is 0.149 e. The monoisotopic (exact) mass is 283 g/mol. The number of aromatic amines is 1. The summed E-state index contributed by atoms with van der Waals surface area (Å²) < 4.78 is 13.5. The maximum absolute atomic E-state index is 13.1. The number of nitrogen functional groups attached to an aromatic ring is 1. The van der Waals surface area contributed by atoms with Crippen LogP contribution in [0.2, 0.25) is 0 Å². The number of rotatable bonds is 2. The summed E-state index contributed by atoms with van der Waals surface area (Å²) in [5, 5.41) is 6.83. The maximum atomic E-state index is 13.1. The first-order chi connectivity index (χ1) is 7.63. The molecule has 0 bridgehead atoms. The Balaban J connectivity index is 2.54. The zero-order valence-electron chi connectivity index (χ0n) is 8.72. The van der Waals surface area contributed by atoms with Gasteiger partial charge in [0.1, 0.15) is 11.6 Å². The fourth-order valence-corrected chi connectivity index (χ4v) is 2.01. The molecule has 5 heteroatoms. The average molecular weight is 284 g/mol. The van der Waals surface area contributed by atoms with Crippen LogP contribution >= 0.6 is 15.9 Å². The van der Waals surface area contributed by atoms with Crippen LogP contribution in [0.1, 0.15) is 12.5 Å². The molecule has 0 atom stereocenters. The minimum absolute atomic E-state index is 0.283. The van der Waals surface area contributed by atoms with Gasteiger partial charge < -0.3 is 5.73 Å². The van der Waals surface area contributed by atoms with Crippen molar-refractivity contribution < 1.29 is 4.39 Å².